The van der Waals surface area contributed by atoms with Gasteiger partial charge in [0.1, 0.15) is 27.4 Å². The SMILES string of the molecule is CCc1nc(C)nc(NCCc2ccc(Oc3ncc(Cl)cc3Cl)cc2)c1Cl. The lowest BCUT2D eigenvalue weighted by atomic mass is 10.1. The Balaban J connectivity index is 1.58. The molecule has 0 radical (unpaired) electrons. The third kappa shape index (κ3) is 5.25. The molecule has 5 nitrogen and oxygen atoms in total. The minimum Gasteiger partial charge on any atom is -0.438 e. The topological polar surface area (TPSA) is 59.9 Å². The van der Waals surface area contributed by atoms with Gasteiger partial charge >= 0.3 is 0 Å². The molecule has 0 aliphatic heterocycles. The molecule has 28 heavy (non-hydrogen) atoms. The standard InChI is InChI=1S/C20H19Cl3N4O/c1-3-17-18(23)19(27-12(2)26-17)24-9-8-13-4-6-15(7-5-13)28-20-16(22)10-14(21)11-25-20/h4-7,10-11H,3,8-9H2,1-2H3,(H,24,26,27). The highest BCUT2D eigenvalue weighted by atomic mass is 35.5. The highest BCUT2D eigenvalue weighted by Gasteiger charge is 2.10. The van der Waals surface area contributed by atoms with Gasteiger partial charge < -0.3 is 10.1 Å². The lowest BCUT2D eigenvalue weighted by Gasteiger charge is -2.11. The summed E-state index contributed by atoms with van der Waals surface area (Å²) in [7, 11) is 0. The number of aromatic nitrogens is 3. The maximum atomic E-state index is 6.35. The van der Waals surface area contributed by atoms with Crippen molar-refractivity contribution in [1.29, 1.82) is 0 Å². The van der Waals surface area contributed by atoms with Gasteiger partial charge in [-0.3, -0.25) is 0 Å². The van der Waals surface area contributed by atoms with E-state index in [1.807, 2.05) is 38.1 Å². The molecule has 2 aromatic heterocycles. The fourth-order valence-corrected chi connectivity index (χ4v) is 3.31. The Bertz CT molecular complexity index is 964. The van der Waals surface area contributed by atoms with E-state index in [9.17, 15) is 0 Å². The number of pyridine rings is 1. The summed E-state index contributed by atoms with van der Waals surface area (Å²) in [6, 6.07) is 9.32. The van der Waals surface area contributed by atoms with Crippen LogP contribution in [0.15, 0.2) is 36.5 Å². The summed E-state index contributed by atoms with van der Waals surface area (Å²) in [5, 5.41) is 4.71. The van der Waals surface area contributed by atoms with Crippen molar-refractivity contribution >= 4 is 40.6 Å². The number of aryl methyl sites for hydroxylation is 2. The molecular weight excluding hydrogens is 419 g/mol. The van der Waals surface area contributed by atoms with E-state index in [0.29, 0.717) is 44.9 Å². The number of nitrogens with zero attached hydrogens (tertiary/aromatic N) is 3. The predicted molar refractivity (Wildman–Crippen MR) is 114 cm³/mol. The average Bonchev–Trinajstić information content (AvgIpc) is 2.67. The van der Waals surface area contributed by atoms with E-state index in [2.05, 4.69) is 20.3 Å². The van der Waals surface area contributed by atoms with Crippen molar-refractivity contribution in [1.82, 2.24) is 15.0 Å². The number of halogens is 3. The quantitative estimate of drug-likeness (QED) is 0.480. The second-order valence-electron chi connectivity index (χ2n) is 6.10. The highest BCUT2D eigenvalue weighted by Crippen LogP contribution is 2.29. The Hall–Kier alpha value is -2.08. The largest absolute Gasteiger partial charge is 0.438 e. The molecule has 0 fully saturated rings. The molecule has 8 heteroatoms. The van der Waals surface area contributed by atoms with E-state index in [1.165, 1.54) is 6.20 Å². The highest BCUT2D eigenvalue weighted by molar-refractivity contribution is 6.35. The van der Waals surface area contributed by atoms with Crippen LogP contribution in [0.5, 0.6) is 11.6 Å². The molecule has 0 spiro atoms. The summed E-state index contributed by atoms with van der Waals surface area (Å²) < 4.78 is 5.70. The van der Waals surface area contributed by atoms with Gasteiger partial charge in [0.2, 0.25) is 5.88 Å². The number of ether oxygens (including phenoxy) is 1. The first kappa shape index (κ1) is 20.6. The molecule has 1 N–H and O–H groups in total. The van der Waals surface area contributed by atoms with Gasteiger partial charge in [0.15, 0.2) is 0 Å². The van der Waals surface area contributed by atoms with Crippen LogP contribution in [-0.2, 0) is 12.8 Å². The first-order valence-electron chi connectivity index (χ1n) is 8.81. The molecule has 0 saturated heterocycles. The average molecular weight is 438 g/mol. The molecule has 3 aromatic rings. The Morgan fingerprint density at radius 2 is 1.82 bits per heavy atom. The summed E-state index contributed by atoms with van der Waals surface area (Å²) in [5.74, 6) is 2.35. The molecular formula is C20H19Cl3N4O. The van der Waals surface area contributed by atoms with Crippen LogP contribution in [0.25, 0.3) is 0 Å². The van der Waals surface area contributed by atoms with Crippen molar-refractivity contribution in [3.63, 3.8) is 0 Å². The number of hydrogen-bond acceptors (Lipinski definition) is 5. The lowest BCUT2D eigenvalue weighted by Crippen LogP contribution is -2.09. The minimum absolute atomic E-state index is 0.320. The summed E-state index contributed by atoms with van der Waals surface area (Å²) in [4.78, 5) is 12.8. The van der Waals surface area contributed by atoms with Crippen LogP contribution in [0, 0.1) is 6.92 Å². The van der Waals surface area contributed by atoms with E-state index in [-0.39, 0.29) is 0 Å². The first-order valence-corrected chi connectivity index (χ1v) is 9.94. The van der Waals surface area contributed by atoms with Gasteiger partial charge in [-0.15, -0.1) is 0 Å². The van der Waals surface area contributed by atoms with Crippen molar-refractivity contribution in [2.24, 2.45) is 0 Å². The fourth-order valence-electron chi connectivity index (χ4n) is 2.61. The maximum Gasteiger partial charge on any atom is 0.238 e. The zero-order valence-electron chi connectivity index (χ0n) is 15.5. The molecule has 1 aromatic carbocycles. The Labute approximate surface area is 179 Å². The molecule has 0 amide bonds. The van der Waals surface area contributed by atoms with E-state index in [0.717, 1.165) is 24.1 Å². The Kier molecular flexibility index (Phi) is 6.94. The molecule has 3 rings (SSSR count). The van der Waals surface area contributed by atoms with Crippen molar-refractivity contribution in [2.75, 3.05) is 11.9 Å². The van der Waals surface area contributed by atoms with Gasteiger partial charge in [-0.1, -0.05) is 53.9 Å². The normalized spacial score (nSPS) is 10.8. The monoisotopic (exact) mass is 436 g/mol. The van der Waals surface area contributed by atoms with Crippen LogP contribution in [-0.4, -0.2) is 21.5 Å². The molecule has 146 valence electrons. The third-order valence-corrected chi connectivity index (χ3v) is 4.86. The number of hydrogen-bond donors (Lipinski definition) is 1. The van der Waals surface area contributed by atoms with E-state index >= 15 is 0 Å². The number of anilines is 1. The second-order valence-corrected chi connectivity index (χ2v) is 7.32. The predicted octanol–water partition coefficient (Wildman–Crippen LogP) is 6.15. The van der Waals surface area contributed by atoms with Gasteiger partial charge in [0.25, 0.3) is 0 Å². The summed E-state index contributed by atoms with van der Waals surface area (Å²) >= 11 is 18.3. The summed E-state index contributed by atoms with van der Waals surface area (Å²) in [6.07, 6.45) is 3.07. The van der Waals surface area contributed by atoms with E-state index in [1.54, 1.807) is 6.07 Å². The van der Waals surface area contributed by atoms with Crippen molar-refractivity contribution < 1.29 is 4.74 Å². The summed E-state index contributed by atoms with van der Waals surface area (Å²) in [6.45, 7) is 4.58. The van der Waals surface area contributed by atoms with Gasteiger partial charge in [-0.05, 0) is 43.5 Å². The van der Waals surface area contributed by atoms with Gasteiger partial charge in [-0.2, -0.15) is 0 Å². The zero-order valence-corrected chi connectivity index (χ0v) is 17.7. The Morgan fingerprint density at radius 3 is 2.50 bits per heavy atom. The molecule has 0 bridgehead atoms. The molecule has 0 aliphatic carbocycles. The maximum absolute atomic E-state index is 6.35. The van der Waals surface area contributed by atoms with E-state index < -0.39 is 0 Å². The smallest absolute Gasteiger partial charge is 0.238 e. The number of benzene rings is 1. The minimum atomic E-state index is 0.320. The Morgan fingerprint density at radius 1 is 1.07 bits per heavy atom. The van der Waals surface area contributed by atoms with Crippen molar-refractivity contribution in [3.8, 4) is 11.6 Å². The second kappa shape index (κ2) is 9.41. The van der Waals surface area contributed by atoms with Crippen LogP contribution in [0.2, 0.25) is 15.1 Å². The molecule has 0 aliphatic rings. The molecule has 0 unspecified atom stereocenters. The van der Waals surface area contributed by atoms with Crippen LogP contribution >= 0.6 is 34.8 Å². The lowest BCUT2D eigenvalue weighted by molar-refractivity contribution is 0.463. The van der Waals surface area contributed by atoms with Crippen molar-refractivity contribution in [2.45, 2.75) is 26.7 Å². The zero-order chi connectivity index (χ0) is 20.1. The number of nitrogens with one attached hydrogen (secondary N) is 1. The van der Waals surface area contributed by atoms with E-state index in [4.69, 9.17) is 39.5 Å². The van der Waals surface area contributed by atoms with Gasteiger partial charge in [-0.25, -0.2) is 15.0 Å². The van der Waals surface area contributed by atoms with Crippen LogP contribution in [0.4, 0.5) is 5.82 Å². The summed E-state index contributed by atoms with van der Waals surface area (Å²) in [5.41, 5.74) is 2.00. The van der Waals surface area contributed by atoms with Crippen LogP contribution < -0.4 is 10.1 Å². The van der Waals surface area contributed by atoms with Crippen LogP contribution in [0.1, 0.15) is 24.0 Å². The first-order chi connectivity index (χ1) is 13.5. The van der Waals surface area contributed by atoms with Crippen LogP contribution in [0.3, 0.4) is 0 Å². The van der Waals surface area contributed by atoms with Crippen molar-refractivity contribution in [3.05, 3.63) is 68.7 Å². The van der Waals surface area contributed by atoms with Gasteiger partial charge in [0, 0.05) is 12.7 Å². The molecule has 0 saturated carbocycles. The molecule has 0 atom stereocenters. The van der Waals surface area contributed by atoms with Gasteiger partial charge in [0.05, 0.1) is 10.7 Å². The molecule has 2 heterocycles. The number of rotatable bonds is 7. The fraction of sp³-hybridized carbons (Fsp3) is 0.250. The third-order valence-electron chi connectivity index (χ3n) is 3.98.